The minimum atomic E-state index is -0.202. The number of urea groups is 1. The van der Waals surface area contributed by atoms with Crippen molar-refractivity contribution in [3.63, 3.8) is 0 Å². The van der Waals surface area contributed by atoms with Crippen LogP contribution >= 0.6 is 22.9 Å². The summed E-state index contributed by atoms with van der Waals surface area (Å²) in [6, 6.07) is 8.90. The molecule has 8 heteroatoms. The standard InChI is InChI=1S/C23H30ClN3O3S/c1-4-25-23(29)26(13-16(2)3)14-22(28)27-11-9-21-19(10-12-31-21)20(27)15-30-18-7-5-17(24)6-8-18/h5-8,10,12,16,20H,4,9,11,13-15H2,1-3H3,(H,25,29). The number of rotatable bonds is 8. The van der Waals surface area contributed by atoms with Gasteiger partial charge in [0.15, 0.2) is 0 Å². The summed E-state index contributed by atoms with van der Waals surface area (Å²) in [6.07, 6.45) is 0.821. The number of amides is 3. The molecule has 0 bridgehead atoms. The molecule has 2 aromatic rings. The lowest BCUT2D eigenvalue weighted by molar-refractivity contribution is -0.135. The average molecular weight is 464 g/mol. The van der Waals surface area contributed by atoms with E-state index in [1.54, 1.807) is 28.4 Å². The number of halogens is 1. The zero-order valence-electron chi connectivity index (χ0n) is 18.3. The fourth-order valence-corrected chi connectivity index (χ4v) is 4.81. The van der Waals surface area contributed by atoms with E-state index in [2.05, 4.69) is 16.8 Å². The normalized spacial score (nSPS) is 15.5. The van der Waals surface area contributed by atoms with Gasteiger partial charge in [-0.2, -0.15) is 0 Å². The molecular formula is C23H30ClN3O3S. The molecule has 168 valence electrons. The van der Waals surface area contributed by atoms with E-state index in [4.69, 9.17) is 16.3 Å². The first-order chi connectivity index (χ1) is 14.9. The average Bonchev–Trinajstić information content (AvgIpc) is 3.21. The molecule has 1 aliphatic heterocycles. The third-order valence-corrected chi connectivity index (χ3v) is 6.41. The van der Waals surface area contributed by atoms with Crippen molar-refractivity contribution in [2.24, 2.45) is 5.92 Å². The third kappa shape index (κ3) is 6.14. The van der Waals surface area contributed by atoms with E-state index < -0.39 is 0 Å². The summed E-state index contributed by atoms with van der Waals surface area (Å²) in [4.78, 5) is 30.6. The molecule has 0 fully saturated rings. The van der Waals surface area contributed by atoms with Crippen LogP contribution in [0.5, 0.6) is 5.75 Å². The van der Waals surface area contributed by atoms with Crippen LogP contribution in [0.2, 0.25) is 5.02 Å². The Morgan fingerprint density at radius 1 is 1.29 bits per heavy atom. The van der Waals surface area contributed by atoms with Crippen LogP contribution in [-0.2, 0) is 11.2 Å². The van der Waals surface area contributed by atoms with Crippen LogP contribution in [0, 0.1) is 5.92 Å². The van der Waals surface area contributed by atoms with Crippen LogP contribution in [-0.4, -0.2) is 54.5 Å². The summed E-state index contributed by atoms with van der Waals surface area (Å²) in [5.41, 5.74) is 1.13. The Bertz CT molecular complexity index is 884. The van der Waals surface area contributed by atoms with E-state index in [0.29, 0.717) is 37.0 Å². The number of fused-ring (bicyclic) bond motifs is 1. The Hall–Kier alpha value is -2.25. The lowest BCUT2D eigenvalue weighted by Crippen LogP contribution is -2.50. The minimum absolute atomic E-state index is 0.0565. The molecule has 31 heavy (non-hydrogen) atoms. The summed E-state index contributed by atoms with van der Waals surface area (Å²) in [7, 11) is 0. The third-order valence-electron chi connectivity index (χ3n) is 5.16. The van der Waals surface area contributed by atoms with Gasteiger partial charge < -0.3 is 19.9 Å². The summed E-state index contributed by atoms with van der Waals surface area (Å²) in [5.74, 6) is 0.917. The van der Waals surface area contributed by atoms with Crippen LogP contribution < -0.4 is 10.1 Å². The topological polar surface area (TPSA) is 61.9 Å². The van der Waals surface area contributed by atoms with Gasteiger partial charge in [0.25, 0.3) is 0 Å². The molecule has 0 radical (unpaired) electrons. The summed E-state index contributed by atoms with van der Waals surface area (Å²) >= 11 is 7.68. The number of nitrogens with zero attached hydrogens (tertiary/aromatic N) is 2. The number of hydrogen-bond donors (Lipinski definition) is 1. The highest BCUT2D eigenvalue weighted by Gasteiger charge is 2.33. The van der Waals surface area contributed by atoms with Crippen molar-refractivity contribution in [3.8, 4) is 5.75 Å². The molecule has 0 saturated heterocycles. The Kier molecular flexibility index (Phi) is 8.21. The fourth-order valence-electron chi connectivity index (χ4n) is 3.76. The molecule has 2 heterocycles. The molecule has 1 aliphatic rings. The SMILES string of the molecule is CCNC(=O)N(CC(=O)N1CCc2sccc2C1COc1ccc(Cl)cc1)CC(C)C. The number of hydrogen-bond acceptors (Lipinski definition) is 4. The van der Waals surface area contributed by atoms with E-state index in [1.807, 2.05) is 37.8 Å². The van der Waals surface area contributed by atoms with Crippen molar-refractivity contribution in [3.05, 3.63) is 51.2 Å². The van der Waals surface area contributed by atoms with E-state index in [-0.39, 0.29) is 30.4 Å². The maximum absolute atomic E-state index is 13.3. The number of ether oxygens (including phenoxy) is 1. The van der Waals surface area contributed by atoms with Gasteiger partial charge in [0.1, 0.15) is 18.9 Å². The van der Waals surface area contributed by atoms with Crippen molar-refractivity contribution in [2.75, 3.05) is 32.8 Å². The van der Waals surface area contributed by atoms with Gasteiger partial charge in [0.2, 0.25) is 5.91 Å². The van der Waals surface area contributed by atoms with Gasteiger partial charge >= 0.3 is 6.03 Å². The van der Waals surface area contributed by atoms with Crippen molar-refractivity contribution in [1.82, 2.24) is 15.1 Å². The quantitative estimate of drug-likeness (QED) is 0.622. The molecule has 1 N–H and O–H groups in total. The van der Waals surface area contributed by atoms with Gasteiger partial charge in [-0.15, -0.1) is 11.3 Å². The molecule has 0 saturated carbocycles. The highest BCUT2D eigenvalue weighted by atomic mass is 35.5. The van der Waals surface area contributed by atoms with Crippen LogP contribution in [0.1, 0.15) is 37.3 Å². The van der Waals surface area contributed by atoms with E-state index >= 15 is 0 Å². The predicted molar refractivity (Wildman–Crippen MR) is 125 cm³/mol. The molecule has 0 aliphatic carbocycles. The van der Waals surface area contributed by atoms with Crippen molar-refractivity contribution in [1.29, 1.82) is 0 Å². The molecular weight excluding hydrogens is 434 g/mol. The first-order valence-corrected chi connectivity index (χ1v) is 11.9. The summed E-state index contributed by atoms with van der Waals surface area (Å²) in [6.45, 7) is 8.04. The van der Waals surface area contributed by atoms with Crippen LogP contribution in [0.25, 0.3) is 0 Å². The molecule has 1 atom stereocenters. The zero-order valence-corrected chi connectivity index (χ0v) is 19.8. The summed E-state index contributed by atoms with van der Waals surface area (Å²) < 4.78 is 6.02. The second-order valence-corrected chi connectivity index (χ2v) is 9.46. The second kappa shape index (κ2) is 10.9. The number of carbonyl (C=O) groups is 2. The molecule has 3 rings (SSSR count). The predicted octanol–water partition coefficient (Wildman–Crippen LogP) is 4.59. The molecule has 1 aromatic carbocycles. The zero-order chi connectivity index (χ0) is 22.4. The van der Waals surface area contributed by atoms with Gasteiger partial charge in [-0.3, -0.25) is 4.79 Å². The first-order valence-electron chi connectivity index (χ1n) is 10.7. The Morgan fingerprint density at radius 3 is 2.71 bits per heavy atom. The van der Waals surface area contributed by atoms with Gasteiger partial charge in [-0.1, -0.05) is 25.4 Å². The number of thiophene rings is 1. The van der Waals surface area contributed by atoms with E-state index in [1.165, 1.54) is 4.88 Å². The van der Waals surface area contributed by atoms with Crippen LogP contribution in [0.4, 0.5) is 4.79 Å². The monoisotopic (exact) mass is 463 g/mol. The van der Waals surface area contributed by atoms with E-state index in [9.17, 15) is 9.59 Å². The second-order valence-electron chi connectivity index (χ2n) is 8.03. The molecule has 1 aromatic heterocycles. The van der Waals surface area contributed by atoms with Gasteiger partial charge in [0.05, 0.1) is 6.04 Å². The fraction of sp³-hybridized carbons (Fsp3) is 0.478. The largest absolute Gasteiger partial charge is 0.491 e. The molecule has 0 spiro atoms. The number of carbonyl (C=O) groups excluding carboxylic acids is 2. The molecule has 1 unspecified atom stereocenters. The Morgan fingerprint density at radius 2 is 2.03 bits per heavy atom. The van der Waals surface area contributed by atoms with Gasteiger partial charge in [-0.25, -0.2) is 4.79 Å². The molecule has 6 nitrogen and oxygen atoms in total. The van der Waals surface area contributed by atoms with Crippen molar-refractivity contribution in [2.45, 2.75) is 33.2 Å². The van der Waals surface area contributed by atoms with E-state index in [0.717, 1.165) is 12.0 Å². The van der Waals surface area contributed by atoms with Crippen LogP contribution in [0.3, 0.4) is 0 Å². The van der Waals surface area contributed by atoms with Gasteiger partial charge in [0, 0.05) is 29.5 Å². The highest BCUT2D eigenvalue weighted by Crippen LogP contribution is 2.34. The number of benzene rings is 1. The Balaban J connectivity index is 1.75. The summed E-state index contributed by atoms with van der Waals surface area (Å²) in [5, 5.41) is 5.53. The van der Waals surface area contributed by atoms with Crippen molar-refractivity contribution >= 4 is 34.9 Å². The first kappa shape index (κ1) is 23.4. The molecule has 3 amide bonds. The van der Waals surface area contributed by atoms with Gasteiger partial charge in [-0.05, 0) is 60.5 Å². The highest BCUT2D eigenvalue weighted by molar-refractivity contribution is 7.10. The maximum atomic E-state index is 13.3. The lowest BCUT2D eigenvalue weighted by atomic mass is 10.0. The van der Waals surface area contributed by atoms with Crippen molar-refractivity contribution < 1.29 is 14.3 Å². The number of nitrogens with one attached hydrogen (secondary N) is 1. The van der Waals surface area contributed by atoms with Crippen LogP contribution in [0.15, 0.2) is 35.7 Å². The maximum Gasteiger partial charge on any atom is 0.317 e. The lowest BCUT2D eigenvalue weighted by Gasteiger charge is -2.37. The Labute approximate surface area is 193 Å². The minimum Gasteiger partial charge on any atom is -0.491 e. The smallest absolute Gasteiger partial charge is 0.317 e.